The molecular weight excluding hydrogens is 328 g/mol. The Kier molecular flexibility index (Phi) is 3.64. The number of fused-ring (bicyclic) bond motifs is 3. The Morgan fingerprint density at radius 1 is 1.29 bits per heavy atom. The topological polar surface area (TPSA) is 89.6 Å². The zero-order valence-corrected chi connectivity index (χ0v) is 15.2. The number of nitro groups is 1. The van der Waals surface area contributed by atoms with Gasteiger partial charge in [-0.05, 0) is 58.1 Å². The van der Waals surface area contributed by atoms with Crippen molar-refractivity contribution >= 4 is 21.2 Å². The standard InChI is InChI=1S/C17H22N2O4S/c1-11-16(2,3)24(22,23)15-7-5-6-12-8-9-13(19(20)21)10-14(12)17(15,4)18-11/h8-10,15H,5-7H2,1-4H3/t15-,17-/m1/s1. The number of hydrogen-bond acceptors (Lipinski definition) is 5. The number of nitrogens with zero attached hydrogens (tertiary/aromatic N) is 2. The van der Waals surface area contributed by atoms with Gasteiger partial charge in [0.1, 0.15) is 10.3 Å². The smallest absolute Gasteiger partial charge is 0.269 e. The van der Waals surface area contributed by atoms with E-state index in [0.717, 1.165) is 12.0 Å². The van der Waals surface area contributed by atoms with E-state index < -0.39 is 30.3 Å². The average molecular weight is 350 g/mol. The highest BCUT2D eigenvalue weighted by Crippen LogP contribution is 2.48. The van der Waals surface area contributed by atoms with E-state index in [1.807, 2.05) is 6.92 Å². The van der Waals surface area contributed by atoms with Gasteiger partial charge >= 0.3 is 0 Å². The lowest BCUT2D eigenvalue weighted by atomic mass is 9.85. The van der Waals surface area contributed by atoms with Gasteiger partial charge in [-0.25, -0.2) is 8.42 Å². The first-order valence-corrected chi connectivity index (χ1v) is 9.64. The summed E-state index contributed by atoms with van der Waals surface area (Å²) in [6.07, 6.45) is 1.96. The fraction of sp³-hybridized carbons (Fsp3) is 0.588. The molecule has 0 N–H and O–H groups in total. The molecular formula is C17H22N2O4S. The van der Waals surface area contributed by atoms with Crippen LogP contribution in [0.5, 0.6) is 0 Å². The molecule has 2 aliphatic rings. The maximum absolute atomic E-state index is 13.3. The predicted octanol–water partition coefficient (Wildman–Crippen LogP) is 3.18. The molecule has 0 spiro atoms. The Morgan fingerprint density at radius 2 is 1.96 bits per heavy atom. The third kappa shape index (κ3) is 2.13. The van der Waals surface area contributed by atoms with Crippen molar-refractivity contribution in [3.8, 4) is 0 Å². The van der Waals surface area contributed by atoms with Gasteiger partial charge in [0, 0.05) is 17.8 Å². The van der Waals surface area contributed by atoms with Crippen molar-refractivity contribution in [1.82, 2.24) is 0 Å². The van der Waals surface area contributed by atoms with Crippen LogP contribution in [0.4, 0.5) is 5.69 Å². The van der Waals surface area contributed by atoms with Gasteiger partial charge in [0.25, 0.3) is 5.69 Å². The van der Waals surface area contributed by atoms with Crippen LogP contribution < -0.4 is 0 Å². The molecule has 0 saturated heterocycles. The summed E-state index contributed by atoms with van der Waals surface area (Å²) >= 11 is 0. The monoisotopic (exact) mass is 350 g/mol. The van der Waals surface area contributed by atoms with E-state index in [1.165, 1.54) is 12.1 Å². The van der Waals surface area contributed by atoms with Gasteiger partial charge in [-0.1, -0.05) is 6.07 Å². The molecule has 1 aromatic carbocycles. The number of sulfone groups is 1. The van der Waals surface area contributed by atoms with Crippen molar-refractivity contribution < 1.29 is 13.3 Å². The fourth-order valence-corrected chi connectivity index (χ4v) is 6.36. The minimum Gasteiger partial charge on any atom is -0.280 e. The molecule has 6 nitrogen and oxygen atoms in total. The molecule has 0 saturated carbocycles. The van der Waals surface area contributed by atoms with Gasteiger partial charge in [0.05, 0.1) is 10.2 Å². The number of benzene rings is 1. The Morgan fingerprint density at radius 3 is 2.58 bits per heavy atom. The Bertz CT molecular complexity index is 857. The Labute approximate surface area is 142 Å². The number of aliphatic imine (C=N–C) groups is 1. The van der Waals surface area contributed by atoms with Crippen LogP contribution in [0.2, 0.25) is 0 Å². The van der Waals surface area contributed by atoms with Crippen molar-refractivity contribution in [2.45, 2.75) is 62.5 Å². The molecule has 0 bridgehead atoms. The van der Waals surface area contributed by atoms with E-state index in [9.17, 15) is 18.5 Å². The molecule has 0 amide bonds. The fourth-order valence-electron chi connectivity index (χ4n) is 3.93. The summed E-state index contributed by atoms with van der Waals surface area (Å²) in [5.74, 6) is 0. The van der Waals surface area contributed by atoms with E-state index in [4.69, 9.17) is 4.99 Å². The van der Waals surface area contributed by atoms with Crippen LogP contribution in [0.3, 0.4) is 0 Å². The van der Waals surface area contributed by atoms with Crippen molar-refractivity contribution in [3.05, 3.63) is 39.4 Å². The van der Waals surface area contributed by atoms with Gasteiger partial charge in [0.2, 0.25) is 0 Å². The summed E-state index contributed by atoms with van der Waals surface area (Å²) < 4.78 is 25.5. The Balaban J connectivity index is 2.34. The van der Waals surface area contributed by atoms with Crippen LogP contribution in [0.1, 0.15) is 51.7 Å². The van der Waals surface area contributed by atoms with Gasteiger partial charge in [0.15, 0.2) is 9.84 Å². The van der Waals surface area contributed by atoms with Crippen LogP contribution in [-0.4, -0.2) is 29.0 Å². The maximum atomic E-state index is 13.3. The summed E-state index contributed by atoms with van der Waals surface area (Å²) in [4.78, 5) is 15.5. The number of hydrogen-bond donors (Lipinski definition) is 0. The molecule has 0 aromatic heterocycles. The Hall–Kier alpha value is -1.76. The van der Waals surface area contributed by atoms with Crippen molar-refractivity contribution in [1.29, 1.82) is 0 Å². The maximum Gasteiger partial charge on any atom is 0.269 e. The molecule has 1 heterocycles. The second kappa shape index (κ2) is 5.12. The summed E-state index contributed by atoms with van der Waals surface area (Å²) in [6, 6.07) is 4.75. The molecule has 1 aliphatic carbocycles. The molecule has 7 heteroatoms. The first-order chi connectivity index (χ1) is 11.0. The lowest BCUT2D eigenvalue weighted by molar-refractivity contribution is -0.385. The first-order valence-electron chi connectivity index (χ1n) is 8.10. The van der Waals surface area contributed by atoms with Crippen molar-refractivity contribution in [2.75, 3.05) is 0 Å². The first kappa shape index (κ1) is 17.1. The predicted molar refractivity (Wildman–Crippen MR) is 93.3 cm³/mol. The number of non-ortho nitro benzene ring substituents is 1. The zero-order valence-electron chi connectivity index (χ0n) is 14.4. The lowest BCUT2D eigenvalue weighted by Crippen LogP contribution is -2.56. The second-order valence-electron chi connectivity index (χ2n) is 7.38. The van der Waals surface area contributed by atoms with E-state index in [-0.39, 0.29) is 5.69 Å². The van der Waals surface area contributed by atoms with Crippen molar-refractivity contribution in [3.63, 3.8) is 0 Å². The molecule has 3 rings (SSSR count). The summed E-state index contributed by atoms with van der Waals surface area (Å²) in [7, 11) is -3.47. The lowest BCUT2D eigenvalue weighted by Gasteiger charge is -2.44. The van der Waals surface area contributed by atoms with Crippen LogP contribution in [0.25, 0.3) is 0 Å². The minimum absolute atomic E-state index is 0.0225. The van der Waals surface area contributed by atoms with E-state index in [1.54, 1.807) is 26.8 Å². The highest BCUT2D eigenvalue weighted by atomic mass is 32.2. The van der Waals surface area contributed by atoms with Crippen LogP contribution in [-0.2, 0) is 21.8 Å². The third-order valence-electron chi connectivity index (χ3n) is 5.75. The zero-order chi connectivity index (χ0) is 17.9. The summed E-state index contributed by atoms with van der Waals surface area (Å²) in [5.41, 5.74) is 1.19. The highest BCUT2D eigenvalue weighted by molar-refractivity contribution is 7.94. The van der Waals surface area contributed by atoms with Gasteiger partial charge in [-0.2, -0.15) is 0 Å². The van der Waals surface area contributed by atoms with Crippen LogP contribution in [0, 0.1) is 10.1 Å². The third-order valence-corrected chi connectivity index (χ3v) is 8.91. The van der Waals surface area contributed by atoms with Gasteiger partial charge in [-0.3, -0.25) is 15.1 Å². The van der Waals surface area contributed by atoms with E-state index in [0.29, 0.717) is 24.1 Å². The molecule has 1 aliphatic heterocycles. The quantitative estimate of drug-likeness (QED) is 0.574. The molecule has 1 aromatic rings. The van der Waals surface area contributed by atoms with Crippen molar-refractivity contribution in [2.24, 2.45) is 4.99 Å². The van der Waals surface area contributed by atoms with E-state index >= 15 is 0 Å². The van der Waals surface area contributed by atoms with Gasteiger partial charge < -0.3 is 0 Å². The second-order valence-corrected chi connectivity index (χ2v) is 10.1. The minimum atomic E-state index is -3.47. The molecule has 2 atom stereocenters. The largest absolute Gasteiger partial charge is 0.280 e. The number of rotatable bonds is 1. The number of aryl methyl sites for hydroxylation is 1. The summed E-state index contributed by atoms with van der Waals surface area (Å²) in [5, 5.41) is 10.5. The molecule has 130 valence electrons. The van der Waals surface area contributed by atoms with Crippen LogP contribution >= 0.6 is 0 Å². The molecule has 24 heavy (non-hydrogen) atoms. The van der Waals surface area contributed by atoms with Gasteiger partial charge in [-0.15, -0.1) is 0 Å². The van der Waals surface area contributed by atoms with E-state index in [2.05, 4.69) is 0 Å². The SMILES string of the molecule is CC1=N[C@]2(C)c3cc([N+](=O)[O-])ccc3CCC[C@H]2S(=O)(=O)C1(C)C. The average Bonchev–Trinajstić information content (AvgIpc) is 2.63. The highest BCUT2D eigenvalue weighted by Gasteiger charge is 2.56. The number of nitro benzene ring substituents is 1. The summed E-state index contributed by atoms with van der Waals surface area (Å²) in [6.45, 7) is 6.93. The normalized spacial score (nSPS) is 30.5. The molecule has 0 unspecified atom stereocenters. The molecule has 0 radical (unpaired) electrons. The van der Waals surface area contributed by atoms with Crippen LogP contribution in [0.15, 0.2) is 23.2 Å². The molecule has 0 fully saturated rings.